The largest absolute Gasteiger partial charge is 0.348 e. The SMILES string of the molecule is CC(C)CN(CCCN)c1nccs1. The van der Waals surface area contributed by atoms with E-state index in [-0.39, 0.29) is 0 Å². The highest BCUT2D eigenvalue weighted by Crippen LogP contribution is 2.18. The Kier molecular flexibility index (Phi) is 4.90. The maximum atomic E-state index is 5.52. The molecule has 0 amide bonds. The van der Waals surface area contributed by atoms with Gasteiger partial charge in [0, 0.05) is 24.7 Å². The molecule has 1 aromatic heterocycles. The number of thiazole rings is 1. The van der Waals surface area contributed by atoms with Crippen LogP contribution in [0, 0.1) is 5.92 Å². The van der Waals surface area contributed by atoms with Crippen molar-refractivity contribution in [1.29, 1.82) is 0 Å². The van der Waals surface area contributed by atoms with Gasteiger partial charge in [-0.15, -0.1) is 11.3 Å². The third kappa shape index (κ3) is 3.64. The summed E-state index contributed by atoms with van der Waals surface area (Å²) in [6.07, 6.45) is 2.89. The molecule has 0 fully saturated rings. The fourth-order valence-corrected chi connectivity index (χ4v) is 2.04. The van der Waals surface area contributed by atoms with Gasteiger partial charge in [-0.05, 0) is 18.9 Å². The van der Waals surface area contributed by atoms with Crippen LogP contribution in [-0.4, -0.2) is 24.6 Å². The molecule has 0 saturated heterocycles. The van der Waals surface area contributed by atoms with Crippen molar-refractivity contribution in [1.82, 2.24) is 4.98 Å². The molecule has 80 valence electrons. The highest BCUT2D eigenvalue weighted by molar-refractivity contribution is 7.13. The Morgan fingerprint density at radius 2 is 2.36 bits per heavy atom. The van der Waals surface area contributed by atoms with E-state index >= 15 is 0 Å². The van der Waals surface area contributed by atoms with Gasteiger partial charge in [0.2, 0.25) is 0 Å². The molecule has 0 unspecified atom stereocenters. The van der Waals surface area contributed by atoms with Crippen LogP contribution in [0.1, 0.15) is 20.3 Å². The molecule has 0 saturated carbocycles. The van der Waals surface area contributed by atoms with Gasteiger partial charge in [-0.3, -0.25) is 0 Å². The van der Waals surface area contributed by atoms with Crippen molar-refractivity contribution in [2.24, 2.45) is 11.7 Å². The van der Waals surface area contributed by atoms with Gasteiger partial charge < -0.3 is 10.6 Å². The lowest BCUT2D eigenvalue weighted by Crippen LogP contribution is -2.29. The van der Waals surface area contributed by atoms with Gasteiger partial charge in [0.25, 0.3) is 0 Å². The normalized spacial score (nSPS) is 10.9. The van der Waals surface area contributed by atoms with Gasteiger partial charge >= 0.3 is 0 Å². The van der Waals surface area contributed by atoms with Crippen LogP contribution in [0.5, 0.6) is 0 Å². The highest BCUT2D eigenvalue weighted by atomic mass is 32.1. The molecule has 1 heterocycles. The molecule has 0 aliphatic rings. The predicted molar refractivity (Wildman–Crippen MR) is 62.8 cm³/mol. The predicted octanol–water partition coefficient (Wildman–Crippen LogP) is 1.95. The molecule has 14 heavy (non-hydrogen) atoms. The second-order valence-corrected chi connectivity index (χ2v) is 4.67. The van der Waals surface area contributed by atoms with Crippen molar-refractivity contribution in [3.05, 3.63) is 11.6 Å². The first-order valence-electron chi connectivity index (χ1n) is 5.08. The second kappa shape index (κ2) is 5.98. The van der Waals surface area contributed by atoms with E-state index in [0.717, 1.165) is 31.2 Å². The smallest absolute Gasteiger partial charge is 0.185 e. The Hall–Kier alpha value is -0.610. The van der Waals surface area contributed by atoms with Crippen molar-refractivity contribution in [2.45, 2.75) is 20.3 Å². The molecule has 0 atom stereocenters. The first-order valence-corrected chi connectivity index (χ1v) is 5.96. The molecule has 3 nitrogen and oxygen atoms in total. The molecule has 1 rings (SSSR count). The number of rotatable bonds is 6. The van der Waals surface area contributed by atoms with E-state index in [1.165, 1.54) is 0 Å². The van der Waals surface area contributed by atoms with Gasteiger partial charge in [0.1, 0.15) is 0 Å². The first kappa shape index (κ1) is 11.5. The minimum Gasteiger partial charge on any atom is -0.348 e. The summed E-state index contributed by atoms with van der Waals surface area (Å²) in [5.74, 6) is 0.664. The van der Waals surface area contributed by atoms with Crippen molar-refractivity contribution < 1.29 is 0 Å². The molecule has 2 N–H and O–H groups in total. The van der Waals surface area contributed by atoms with Crippen LogP contribution in [0.3, 0.4) is 0 Å². The molecular weight excluding hydrogens is 194 g/mol. The molecule has 0 aromatic carbocycles. The fourth-order valence-electron chi connectivity index (χ4n) is 1.36. The zero-order chi connectivity index (χ0) is 10.4. The number of nitrogens with two attached hydrogens (primary N) is 1. The Bertz CT molecular complexity index is 234. The van der Waals surface area contributed by atoms with E-state index in [4.69, 9.17) is 5.73 Å². The number of aromatic nitrogens is 1. The summed E-state index contributed by atoms with van der Waals surface area (Å²) in [5, 5.41) is 3.14. The van der Waals surface area contributed by atoms with Gasteiger partial charge in [-0.1, -0.05) is 13.8 Å². The Morgan fingerprint density at radius 1 is 1.57 bits per heavy atom. The third-order valence-electron chi connectivity index (χ3n) is 1.91. The molecule has 4 heteroatoms. The average Bonchev–Trinajstić information content (AvgIpc) is 2.64. The maximum absolute atomic E-state index is 5.52. The number of hydrogen-bond donors (Lipinski definition) is 1. The van der Waals surface area contributed by atoms with Crippen LogP contribution < -0.4 is 10.6 Å². The number of nitrogens with zero attached hydrogens (tertiary/aromatic N) is 2. The van der Waals surface area contributed by atoms with E-state index in [9.17, 15) is 0 Å². The van der Waals surface area contributed by atoms with E-state index in [1.54, 1.807) is 11.3 Å². The Morgan fingerprint density at radius 3 is 2.86 bits per heavy atom. The summed E-state index contributed by atoms with van der Waals surface area (Å²) < 4.78 is 0. The average molecular weight is 213 g/mol. The Balaban J connectivity index is 2.53. The molecule has 1 aromatic rings. The summed E-state index contributed by atoms with van der Waals surface area (Å²) in [6, 6.07) is 0. The van der Waals surface area contributed by atoms with Crippen LogP contribution in [0.2, 0.25) is 0 Å². The van der Waals surface area contributed by atoms with Gasteiger partial charge in [0.05, 0.1) is 0 Å². The molecule has 0 radical (unpaired) electrons. The van der Waals surface area contributed by atoms with E-state index < -0.39 is 0 Å². The van der Waals surface area contributed by atoms with Crippen molar-refractivity contribution in [3.63, 3.8) is 0 Å². The van der Waals surface area contributed by atoms with Gasteiger partial charge in [-0.25, -0.2) is 4.98 Å². The van der Waals surface area contributed by atoms with Crippen LogP contribution in [0.25, 0.3) is 0 Å². The van der Waals surface area contributed by atoms with Crippen molar-refractivity contribution in [3.8, 4) is 0 Å². The topological polar surface area (TPSA) is 42.1 Å². The summed E-state index contributed by atoms with van der Waals surface area (Å²) >= 11 is 1.70. The van der Waals surface area contributed by atoms with Gasteiger partial charge in [-0.2, -0.15) is 0 Å². The maximum Gasteiger partial charge on any atom is 0.185 e. The Labute approximate surface area is 89.9 Å². The quantitative estimate of drug-likeness (QED) is 0.785. The minimum absolute atomic E-state index is 0.664. The molecule has 0 aliphatic carbocycles. The number of anilines is 1. The highest BCUT2D eigenvalue weighted by Gasteiger charge is 2.09. The van der Waals surface area contributed by atoms with Gasteiger partial charge in [0.15, 0.2) is 5.13 Å². The van der Waals surface area contributed by atoms with Crippen LogP contribution in [-0.2, 0) is 0 Å². The lowest BCUT2D eigenvalue weighted by Gasteiger charge is -2.23. The standard InChI is InChI=1S/C10H19N3S/c1-9(2)8-13(6-3-4-11)10-12-5-7-14-10/h5,7,9H,3-4,6,8,11H2,1-2H3. The second-order valence-electron chi connectivity index (χ2n) is 3.80. The molecule has 0 aliphatic heterocycles. The zero-order valence-electron chi connectivity index (χ0n) is 8.94. The lowest BCUT2D eigenvalue weighted by molar-refractivity contribution is 0.600. The molecule has 0 bridgehead atoms. The van der Waals surface area contributed by atoms with Crippen molar-refractivity contribution in [2.75, 3.05) is 24.5 Å². The summed E-state index contributed by atoms with van der Waals surface area (Å²) in [5.41, 5.74) is 5.52. The van der Waals surface area contributed by atoms with E-state index in [2.05, 4.69) is 23.7 Å². The molecular formula is C10H19N3S. The number of hydrogen-bond acceptors (Lipinski definition) is 4. The summed E-state index contributed by atoms with van der Waals surface area (Å²) in [4.78, 5) is 6.65. The summed E-state index contributed by atoms with van der Waals surface area (Å²) in [6.45, 7) is 7.28. The van der Waals surface area contributed by atoms with Crippen LogP contribution in [0.15, 0.2) is 11.6 Å². The van der Waals surface area contributed by atoms with E-state index in [1.807, 2.05) is 11.6 Å². The van der Waals surface area contributed by atoms with Crippen molar-refractivity contribution >= 4 is 16.5 Å². The zero-order valence-corrected chi connectivity index (χ0v) is 9.76. The lowest BCUT2D eigenvalue weighted by atomic mass is 10.2. The monoisotopic (exact) mass is 213 g/mol. The minimum atomic E-state index is 0.664. The molecule has 0 spiro atoms. The fraction of sp³-hybridized carbons (Fsp3) is 0.700. The van der Waals surface area contributed by atoms with Crippen LogP contribution >= 0.6 is 11.3 Å². The summed E-state index contributed by atoms with van der Waals surface area (Å²) in [7, 11) is 0. The first-order chi connectivity index (χ1) is 6.74. The third-order valence-corrected chi connectivity index (χ3v) is 2.74. The van der Waals surface area contributed by atoms with Crippen LogP contribution in [0.4, 0.5) is 5.13 Å². The van der Waals surface area contributed by atoms with E-state index in [0.29, 0.717) is 5.92 Å².